The summed E-state index contributed by atoms with van der Waals surface area (Å²) in [5, 5.41) is 10.0. The zero-order valence-electron chi connectivity index (χ0n) is 11.5. The number of fused-ring (bicyclic) bond motifs is 1. The maximum Gasteiger partial charge on any atom is 0.327 e. The molecule has 6 nitrogen and oxygen atoms in total. The van der Waals surface area contributed by atoms with Gasteiger partial charge >= 0.3 is 5.97 Å². The van der Waals surface area contributed by atoms with Gasteiger partial charge in [0.1, 0.15) is 4.21 Å². The van der Waals surface area contributed by atoms with Crippen LogP contribution in [-0.4, -0.2) is 38.7 Å². The Morgan fingerprint density at radius 1 is 1.43 bits per heavy atom. The molecule has 0 aliphatic carbocycles. The fraction of sp³-hybridized carbons (Fsp3) is 0.308. The van der Waals surface area contributed by atoms with Crippen molar-refractivity contribution in [3.05, 3.63) is 30.3 Å². The Morgan fingerprint density at radius 3 is 2.67 bits per heavy atom. The van der Waals surface area contributed by atoms with Gasteiger partial charge in [0.2, 0.25) is 0 Å². The van der Waals surface area contributed by atoms with Crippen LogP contribution in [0.15, 0.2) is 34.5 Å². The van der Waals surface area contributed by atoms with E-state index in [2.05, 4.69) is 4.72 Å². The van der Waals surface area contributed by atoms with Crippen molar-refractivity contribution in [1.29, 1.82) is 0 Å². The quantitative estimate of drug-likeness (QED) is 0.841. The molecule has 114 valence electrons. The topological polar surface area (TPSA) is 92.7 Å². The van der Waals surface area contributed by atoms with Gasteiger partial charge in [0.25, 0.3) is 10.0 Å². The molecule has 0 aliphatic rings. The normalized spacial score (nSPS) is 15.0. The number of hydrogen-bond acceptors (Lipinski definition) is 5. The van der Waals surface area contributed by atoms with Gasteiger partial charge in [0.15, 0.2) is 5.54 Å². The molecule has 1 heterocycles. The number of sulfonamides is 1. The fourth-order valence-corrected chi connectivity index (χ4v) is 4.61. The van der Waals surface area contributed by atoms with E-state index in [4.69, 9.17) is 4.74 Å². The number of methoxy groups -OCH3 is 1. The van der Waals surface area contributed by atoms with E-state index in [0.29, 0.717) is 0 Å². The lowest BCUT2D eigenvalue weighted by molar-refractivity contribution is -0.145. The maximum atomic E-state index is 12.4. The third-order valence-corrected chi connectivity index (χ3v) is 6.12. The van der Waals surface area contributed by atoms with Crippen LogP contribution in [0.4, 0.5) is 0 Å². The van der Waals surface area contributed by atoms with Crippen LogP contribution in [0.2, 0.25) is 0 Å². The second kappa shape index (κ2) is 5.72. The molecule has 0 spiro atoms. The van der Waals surface area contributed by atoms with Crippen LogP contribution in [0.5, 0.6) is 0 Å². The van der Waals surface area contributed by atoms with Crippen LogP contribution < -0.4 is 4.72 Å². The van der Waals surface area contributed by atoms with E-state index < -0.39 is 21.5 Å². The van der Waals surface area contributed by atoms with Gasteiger partial charge in [-0.15, -0.1) is 11.3 Å². The number of benzene rings is 1. The van der Waals surface area contributed by atoms with Crippen molar-refractivity contribution in [3.8, 4) is 0 Å². The summed E-state index contributed by atoms with van der Waals surface area (Å²) in [6.45, 7) is 0.996. The van der Waals surface area contributed by atoms with Crippen molar-refractivity contribution >= 4 is 37.4 Å². The summed E-state index contributed by atoms with van der Waals surface area (Å²) >= 11 is 1.09. The average molecular weight is 329 g/mol. The number of rotatable bonds is 6. The molecule has 2 aromatic rings. The molecule has 1 aromatic heterocycles. The Hall–Kier alpha value is -1.48. The van der Waals surface area contributed by atoms with Crippen LogP contribution in [0.25, 0.3) is 10.1 Å². The first-order chi connectivity index (χ1) is 9.78. The van der Waals surface area contributed by atoms with Gasteiger partial charge in [0.05, 0.1) is 6.61 Å². The molecule has 21 heavy (non-hydrogen) atoms. The lowest BCUT2D eigenvalue weighted by Gasteiger charge is -2.24. The summed E-state index contributed by atoms with van der Waals surface area (Å²) in [6.07, 6.45) is 0. The number of carboxylic acid groups (broad SMARTS) is 1. The van der Waals surface area contributed by atoms with Crippen LogP contribution in [0.1, 0.15) is 6.92 Å². The van der Waals surface area contributed by atoms with Crippen LogP contribution >= 0.6 is 11.3 Å². The Balaban J connectivity index is 2.39. The van der Waals surface area contributed by atoms with Crippen LogP contribution in [0, 0.1) is 0 Å². The second-order valence-corrected chi connectivity index (χ2v) is 7.77. The summed E-state index contributed by atoms with van der Waals surface area (Å²) < 4.78 is 32.7. The van der Waals surface area contributed by atoms with Crippen molar-refractivity contribution in [2.75, 3.05) is 13.7 Å². The van der Waals surface area contributed by atoms with Gasteiger partial charge in [-0.05, 0) is 24.4 Å². The Morgan fingerprint density at radius 2 is 2.10 bits per heavy atom. The number of carboxylic acids is 1. The van der Waals surface area contributed by atoms with Gasteiger partial charge in [-0.2, -0.15) is 4.72 Å². The van der Waals surface area contributed by atoms with Crippen molar-refractivity contribution < 1.29 is 23.1 Å². The highest BCUT2D eigenvalue weighted by Gasteiger charge is 2.38. The van der Waals surface area contributed by atoms with Crippen molar-refractivity contribution in [2.45, 2.75) is 16.7 Å². The molecule has 0 radical (unpaired) electrons. The molecule has 0 saturated carbocycles. The molecule has 0 aliphatic heterocycles. The first-order valence-electron chi connectivity index (χ1n) is 6.03. The highest BCUT2D eigenvalue weighted by atomic mass is 32.2. The van der Waals surface area contributed by atoms with E-state index in [1.807, 2.05) is 18.2 Å². The van der Waals surface area contributed by atoms with Gasteiger partial charge < -0.3 is 9.84 Å². The largest absolute Gasteiger partial charge is 0.480 e. The summed E-state index contributed by atoms with van der Waals surface area (Å²) in [4.78, 5) is 11.3. The Bertz CT molecular complexity index is 735. The summed E-state index contributed by atoms with van der Waals surface area (Å²) in [7, 11) is -2.62. The Labute approximate surface area is 126 Å². The molecule has 0 saturated heterocycles. The van der Waals surface area contributed by atoms with Gasteiger partial charge in [-0.3, -0.25) is 4.79 Å². The minimum atomic E-state index is -3.94. The monoisotopic (exact) mass is 329 g/mol. The van der Waals surface area contributed by atoms with Gasteiger partial charge in [0, 0.05) is 11.8 Å². The molecule has 1 aromatic carbocycles. The minimum absolute atomic E-state index is 0.0762. The average Bonchev–Trinajstić information content (AvgIpc) is 2.82. The maximum absolute atomic E-state index is 12.4. The molecular weight excluding hydrogens is 314 g/mol. The first-order valence-corrected chi connectivity index (χ1v) is 8.33. The predicted octanol–water partition coefficient (Wildman–Crippen LogP) is 1.67. The molecule has 1 atom stereocenters. The first kappa shape index (κ1) is 15.9. The van der Waals surface area contributed by atoms with Crippen LogP contribution in [-0.2, 0) is 19.6 Å². The molecule has 0 fully saturated rings. The molecule has 2 rings (SSSR count). The highest BCUT2D eigenvalue weighted by molar-refractivity contribution is 7.91. The molecule has 0 amide bonds. The van der Waals surface area contributed by atoms with Gasteiger partial charge in [-0.1, -0.05) is 18.2 Å². The van der Waals surface area contributed by atoms with E-state index in [1.165, 1.54) is 20.1 Å². The highest BCUT2D eigenvalue weighted by Crippen LogP contribution is 2.29. The fourth-order valence-electron chi connectivity index (χ4n) is 1.86. The Kier molecular flexibility index (Phi) is 4.33. The number of nitrogens with one attached hydrogen (secondary N) is 1. The lowest BCUT2D eigenvalue weighted by Crippen LogP contribution is -2.55. The number of ether oxygens (including phenoxy) is 1. The zero-order valence-corrected chi connectivity index (χ0v) is 13.1. The molecule has 8 heteroatoms. The summed E-state index contributed by atoms with van der Waals surface area (Å²) in [6, 6.07) is 8.76. The standard InChI is InChI=1S/C13H15NO5S2/c1-13(8-19-2,12(15)16)14-21(17,18)11-7-9-5-3-4-6-10(9)20-11/h3-7,14H,8H2,1-2H3,(H,15,16). The molecule has 2 N–H and O–H groups in total. The number of carbonyl (C=O) groups is 1. The number of thiophene rings is 1. The third kappa shape index (κ3) is 3.24. The van der Waals surface area contributed by atoms with E-state index in [9.17, 15) is 18.3 Å². The summed E-state index contributed by atoms with van der Waals surface area (Å²) in [5.74, 6) is -1.30. The summed E-state index contributed by atoms with van der Waals surface area (Å²) in [5.41, 5.74) is -1.72. The van der Waals surface area contributed by atoms with Crippen molar-refractivity contribution in [2.24, 2.45) is 0 Å². The predicted molar refractivity (Wildman–Crippen MR) is 80.1 cm³/mol. The molecule has 0 bridgehead atoms. The van der Waals surface area contributed by atoms with Crippen molar-refractivity contribution in [3.63, 3.8) is 0 Å². The second-order valence-electron chi connectivity index (χ2n) is 4.78. The van der Waals surface area contributed by atoms with E-state index in [0.717, 1.165) is 21.4 Å². The zero-order chi connectivity index (χ0) is 15.7. The number of aliphatic carboxylic acids is 1. The van der Waals surface area contributed by atoms with Crippen molar-refractivity contribution in [1.82, 2.24) is 4.72 Å². The van der Waals surface area contributed by atoms with E-state index in [-0.39, 0.29) is 10.8 Å². The van der Waals surface area contributed by atoms with Crippen LogP contribution in [0.3, 0.4) is 0 Å². The lowest BCUT2D eigenvalue weighted by atomic mass is 10.1. The molecule has 1 unspecified atom stereocenters. The number of hydrogen-bond donors (Lipinski definition) is 2. The van der Waals surface area contributed by atoms with E-state index >= 15 is 0 Å². The molecular formula is C13H15NO5S2. The smallest absolute Gasteiger partial charge is 0.327 e. The SMILES string of the molecule is COCC(C)(NS(=O)(=O)c1cc2ccccc2s1)C(=O)O. The minimum Gasteiger partial charge on any atom is -0.480 e. The van der Waals surface area contributed by atoms with Gasteiger partial charge in [-0.25, -0.2) is 8.42 Å². The van der Waals surface area contributed by atoms with E-state index in [1.54, 1.807) is 6.07 Å². The third-order valence-electron chi connectivity index (χ3n) is 2.93.